The van der Waals surface area contributed by atoms with Crippen LogP contribution in [-0.4, -0.2) is 27.2 Å². The Balaban J connectivity index is 2.82. The third-order valence-corrected chi connectivity index (χ3v) is 3.08. The summed E-state index contributed by atoms with van der Waals surface area (Å²) in [6.45, 7) is 4.18. The standard InChI is InChI=1S/C9H13BrN4O3/c1-3-4-11-7(15)5-13-6(2)8(10)9(12-13)14(16)17/h3-5H2,1-2H3,(H,11,15). The van der Waals surface area contributed by atoms with Gasteiger partial charge >= 0.3 is 5.82 Å². The number of amides is 1. The summed E-state index contributed by atoms with van der Waals surface area (Å²) in [5.41, 5.74) is 0.559. The van der Waals surface area contributed by atoms with E-state index in [0.29, 0.717) is 16.7 Å². The highest BCUT2D eigenvalue weighted by Gasteiger charge is 2.24. The van der Waals surface area contributed by atoms with E-state index in [4.69, 9.17) is 0 Å². The maximum atomic E-state index is 11.5. The Morgan fingerprint density at radius 3 is 2.76 bits per heavy atom. The zero-order chi connectivity index (χ0) is 13.0. The van der Waals surface area contributed by atoms with Gasteiger partial charge in [-0.1, -0.05) is 6.92 Å². The number of halogens is 1. The Kier molecular flexibility index (Phi) is 4.62. The van der Waals surface area contributed by atoms with Crippen LogP contribution in [-0.2, 0) is 11.3 Å². The van der Waals surface area contributed by atoms with E-state index in [1.54, 1.807) is 6.92 Å². The smallest absolute Gasteiger partial charge is 0.358 e. The molecule has 0 bridgehead atoms. The van der Waals surface area contributed by atoms with Crippen LogP contribution in [0.4, 0.5) is 5.82 Å². The van der Waals surface area contributed by atoms with Gasteiger partial charge in [-0.2, -0.15) is 4.68 Å². The summed E-state index contributed by atoms with van der Waals surface area (Å²) in [6.07, 6.45) is 0.841. The van der Waals surface area contributed by atoms with Gasteiger partial charge in [-0.05, 0) is 34.2 Å². The Hall–Kier alpha value is -1.44. The topological polar surface area (TPSA) is 90.1 Å². The molecular weight excluding hydrogens is 292 g/mol. The largest absolute Gasteiger partial charge is 0.404 e. The number of nitrogens with one attached hydrogen (secondary N) is 1. The van der Waals surface area contributed by atoms with Crippen LogP contribution in [0.25, 0.3) is 0 Å². The van der Waals surface area contributed by atoms with Gasteiger partial charge in [0.05, 0.1) is 10.8 Å². The van der Waals surface area contributed by atoms with Crippen molar-refractivity contribution in [3.63, 3.8) is 0 Å². The van der Waals surface area contributed by atoms with Crippen LogP contribution >= 0.6 is 15.9 Å². The second-order valence-corrected chi connectivity index (χ2v) is 4.28. The highest BCUT2D eigenvalue weighted by molar-refractivity contribution is 9.10. The number of carbonyl (C=O) groups excluding carboxylic acids is 1. The number of rotatable bonds is 5. The summed E-state index contributed by atoms with van der Waals surface area (Å²) in [5, 5.41) is 17.1. The van der Waals surface area contributed by atoms with E-state index in [1.165, 1.54) is 4.68 Å². The van der Waals surface area contributed by atoms with Gasteiger partial charge in [-0.3, -0.25) is 4.79 Å². The van der Waals surface area contributed by atoms with E-state index in [0.717, 1.165) is 6.42 Å². The molecule has 0 aliphatic rings. The van der Waals surface area contributed by atoms with Crippen LogP contribution in [0.5, 0.6) is 0 Å². The molecule has 0 atom stereocenters. The molecule has 17 heavy (non-hydrogen) atoms. The molecule has 1 N–H and O–H groups in total. The fraction of sp³-hybridized carbons (Fsp3) is 0.556. The molecule has 0 saturated carbocycles. The van der Waals surface area contributed by atoms with Crippen LogP contribution in [0, 0.1) is 17.0 Å². The van der Waals surface area contributed by atoms with Crippen molar-refractivity contribution in [2.75, 3.05) is 6.54 Å². The first-order valence-electron chi connectivity index (χ1n) is 5.11. The lowest BCUT2D eigenvalue weighted by Gasteiger charge is -2.02. The van der Waals surface area contributed by atoms with Gasteiger partial charge in [0.15, 0.2) is 0 Å². The van der Waals surface area contributed by atoms with Crippen molar-refractivity contribution in [2.24, 2.45) is 0 Å². The molecule has 0 radical (unpaired) electrons. The predicted octanol–water partition coefficient (Wildman–Crippen LogP) is 1.39. The highest BCUT2D eigenvalue weighted by atomic mass is 79.9. The molecule has 8 heteroatoms. The molecule has 1 aromatic heterocycles. The molecular formula is C9H13BrN4O3. The summed E-state index contributed by atoms with van der Waals surface area (Å²) in [4.78, 5) is 21.5. The van der Waals surface area contributed by atoms with Gasteiger partial charge in [0, 0.05) is 6.54 Å². The van der Waals surface area contributed by atoms with E-state index in [9.17, 15) is 14.9 Å². The lowest BCUT2D eigenvalue weighted by atomic mass is 10.4. The lowest BCUT2D eigenvalue weighted by molar-refractivity contribution is -0.390. The minimum Gasteiger partial charge on any atom is -0.358 e. The van der Waals surface area contributed by atoms with Crippen LogP contribution in [0.15, 0.2) is 4.47 Å². The first-order chi connectivity index (χ1) is 7.97. The quantitative estimate of drug-likeness (QED) is 0.657. The monoisotopic (exact) mass is 304 g/mol. The lowest BCUT2D eigenvalue weighted by Crippen LogP contribution is -2.28. The predicted molar refractivity (Wildman–Crippen MR) is 64.6 cm³/mol. The SMILES string of the molecule is CCCNC(=O)Cn1nc([N+](=O)[O-])c(Br)c1C. The summed E-state index contributed by atoms with van der Waals surface area (Å²) in [5.74, 6) is -0.481. The van der Waals surface area contributed by atoms with Crippen LogP contribution in [0.1, 0.15) is 19.0 Å². The fourth-order valence-corrected chi connectivity index (χ4v) is 1.66. The van der Waals surface area contributed by atoms with Crippen molar-refractivity contribution in [2.45, 2.75) is 26.8 Å². The van der Waals surface area contributed by atoms with Crippen molar-refractivity contribution in [3.05, 3.63) is 20.3 Å². The summed E-state index contributed by atoms with van der Waals surface area (Å²) in [7, 11) is 0. The second-order valence-electron chi connectivity index (χ2n) is 3.49. The third-order valence-electron chi connectivity index (χ3n) is 2.16. The molecule has 0 saturated heterocycles. The molecule has 1 amide bonds. The minimum absolute atomic E-state index is 0.0156. The van der Waals surface area contributed by atoms with E-state index in [2.05, 4.69) is 26.3 Å². The van der Waals surface area contributed by atoms with E-state index < -0.39 is 4.92 Å². The first-order valence-corrected chi connectivity index (χ1v) is 5.90. The Labute approximate surface area is 106 Å². The summed E-state index contributed by atoms with van der Waals surface area (Å²) < 4.78 is 1.62. The maximum absolute atomic E-state index is 11.5. The Morgan fingerprint density at radius 2 is 2.29 bits per heavy atom. The Bertz CT molecular complexity index is 444. The molecule has 0 spiro atoms. The molecule has 0 aliphatic carbocycles. The second kappa shape index (κ2) is 5.76. The third kappa shape index (κ3) is 3.26. The molecule has 7 nitrogen and oxygen atoms in total. The number of hydrogen-bond acceptors (Lipinski definition) is 4. The van der Waals surface area contributed by atoms with Crippen LogP contribution < -0.4 is 5.32 Å². The van der Waals surface area contributed by atoms with Crippen LogP contribution in [0.3, 0.4) is 0 Å². The minimum atomic E-state index is -0.586. The fourth-order valence-electron chi connectivity index (χ4n) is 1.24. The van der Waals surface area contributed by atoms with E-state index in [-0.39, 0.29) is 18.3 Å². The van der Waals surface area contributed by atoms with Gasteiger partial charge < -0.3 is 15.4 Å². The van der Waals surface area contributed by atoms with Gasteiger partial charge in [-0.15, -0.1) is 0 Å². The number of nitrogens with zero attached hydrogens (tertiary/aromatic N) is 3. The normalized spacial score (nSPS) is 10.3. The van der Waals surface area contributed by atoms with Gasteiger partial charge in [-0.25, -0.2) is 0 Å². The van der Waals surface area contributed by atoms with Crippen molar-refractivity contribution in [3.8, 4) is 0 Å². The zero-order valence-electron chi connectivity index (χ0n) is 9.57. The molecule has 0 fully saturated rings. The van der Waals surface area contributed by atoms with Crippen molar-refractivity contribution < 1.29 is 9.72 Å². The Morgan fingerprint density at radius 1 is 1.65 bits per heavy atom. The number of aromatic nitrogens is 2. The summed E-state index contributed by atoms with van der Waals surface area (Å²) in [6, 6.07) is 0. The average molecular weight is 305 g/mol. The zero-order valence-corrected chi connectivity index (χ0v) is 11.2. The molecule has 0 aromatic carbocycles. The molecule has 1 rings (SSSR count). The van der Waals surface area contributed by atoms with Crippen molar-refractivity contribution >= 4 is 27.7 Å². The number of hydrogen-bond donors (Lipinski definition) is 1. The molecule has 0 aliphatic heterocycles. The van der Waals surface area contributed by atoms with Gasteiger partial charge in [0.2, 0.25) is 5.91 Å². The van der Waals surface area contributed by atoms with Crippen molar-refractivity contribution in [1.29, 1.82) is 0 Å². The molecule has 94 valence electrons. The highest BCUT2D eigenvalue weighted by Crippen LogP contribution is 2.26. The molecule has 1 heterocycles. The number of nitro groups is 1. The van der Waals surface area contributed by atoms with E-state index in [1.807, 2.05) is 6.92 Å². The molecule has 1 aromatic rings. The average Bonchev–Trinajstić information content (AvgIpc) is 2.55. The summed E-state index contributed by atoms with van der Waals surface area (Å²) >= 11 is 3.09. The van der Waals surface area contributed by atoms with Gasteiger partial charge in [0.1, 0.15) is 11.0 Å². The van der Waals surface area contributed by atoms with Crippen molar-refractivity contribution in [1.82, 2.24) is 15.1 Å². The van der Waals surface area contributed by atoms with Gasteiger partial charge in [0.25, 0.3) is 0 Å². The maximum Gasteiger partial charge on any atom is 0.404 e. The number of carbonyl (C=O) groups is 1. The van der Waals surface area contributed by atoms with Crippen LogP contribution in [0.2, 0.25) is 0 Å². The molecule has 0 unspecified atom stereocenters. The first kappa shape index (κ1) is 13.6. The van der Waals surface area contributed by atoms with E-state index >= 15 is 0 Å².